The van der Waals surface area contributed by atoms with Crippen LogP contribution >= 0.6 is 11.6 Å². The third-order valence-electron chi connectivity index (χ3n) is 2.30. The van der Waals surface area contributed by atoms with Crippen molar-refractivity contribution in [3.8, 4) is 0 Å². The Morgan fingerprint density at radius 3 is 2.79 bits per heavy atom. The molecule has 4 heteroatoms. The highest BCUT2D eigenvalue weighted by Gasteiger charge is 2.24. The Morgan fingerprint density at radius 1 is 1.50 bits per heavy atom. The van der Waals surface area contributed by atoms with Crippen LogP contribution in [0.1, 0.15) is 11.7 Å². The van der Waals surface area contributed by atoms with E-state index in [-0.39, 0.29) is 5.56 Å². The normalized spacial score (nSPS) is 18.2. The van der Waals surface area contributed by atoms with Crippen LogP contribution in [0.15, 0.2) is 18.2 Å². The molecule has 1 fully saturated rings. The van der Waals surface area contributed by atoms with E-state index in [1.807, 2.05) is 4.90 Å². The molecule has 0 amide bonds. The molecule has 0 saturated carbocycles. The number of hydrogen-bond acceptors (Lipinski definition) is 2. The molecule has 1 aromatic carbocycles. The van der Waals surface area contributed by atoms with E-state index >= 15 is 0 Å². The first-order valence-corrected chi connectivity index (χ1v) is 4.90. The van der Waals surface area contributed by atoms with Gasteiger partial charge in [0.25, 0.3) is 0 Å². The molecule has 1 heterocycles. The Hall–Kier alpha value is -0.640. The van der Waals surface area contributed by atoms with Crippen molar-refractivity contribution in [2.24, 2.45) is 0 Å². The Bertz CT molecular complexity index is 321. The third kappa shape index (κ3) is 2.05. The minimum atomic E-state index is -0.828. The van der Waals surface area contributed by atoms with Crippen molar-refractivity contribution in [1.82, 2.24) is 4.90 Å². The fraction of sp³-hybridized carbons (Fsp3) is 0.400. The fourth-order valence-electron chi connectivity index (χ4n) is 1.42. The largest absolute Gasteiger partial charge is 0.387 e. The molecule has 2 rings (SSSR count). The van der Waals surface area contributed by atoms with E-state index in [1.54, 1.807) is 6.07 Å². The molecule has 1 aliphatic rings. The minimum Gasteiger partial charge on any atom is -0.387 e. The monoisotopic (exact) mass is 215 g/mol. The van der Waals surface area contributed by atoms with Gasteiger partial charge in [-0.15, -0.1) is 0 Å². The van der Waals surface area contributed by atoms with E-state index in [9.17, 15) is 9.50 Å². The van der Waals surface area contributed by atoms with E-state index in [0.29, 0.717) is 11.6 Å². The van der Waals surface area contributed by atoms with Crippen molar-refractivity contribution in [2.45, 2.75) is 6.10 Å². The summed E-state index contributed by atoms with van der Waals surface area (Å²) in [6, 6.07) is 4.43. The second-order valence-electron chi connectivity index (χ2n) is 3.45. The molecular formula is C10H11ClFNO. The van der Waals surface area contributed by atoms with Gasteiger partial charge in [0.2, 0.25) is 0 Å². The summed E-state index contributed by atoms with van der Waals surface area (Å²) in [5.74, 6) is -0.438. The van der Waals surface area contributed by atoms with Crippen molar-refractivity contribution in [1.29, 1.82) is 0 Å². The maximum atomic E-state index is 13.3. The highest BCUT2D eigenvalue weighted by atomic mass is 35.5. The van der Waals surface area contributed by atoms with Gasteiger partial charge in [0.15, 0.2) is 0 Å². The van der Waals surface area contributed by atoms with Gasteiger partial charge >= 0.3 is 0 Å². The maximum Gasteiger partial charge on any atom is 0.130 e. The van der Waals surface area contributed by atoms with Crippen molar-refractivity contribution in [3.63, 3.8) is 0 Å². The Balaban J connectivity index is 2.19. The predicted octanol–water partition coefficient (Wildman–Crippen LogP) is 1.83. The summed E-state index contributed by atoms with van der Waals surface area (Å²) in [5.41, 5.74) is 0.209. The van der Waals surface area contributed by atoms with Gasteiger partial charge in [0, 0.05) is 30.2 Å². The van der Waals surface area contributed by atoms with Gasteiger partial charge in [-0.2, -0.15) is 0 Å². The second-order valence-corrected chi connectivity index (χ2v) is 3.86. The average molecular weight is 216 g/mol. The Labute approximate surface area is 86.9 Å². The number of halogens is 2. The molecule has 0 bridgehead atoms. The minimum absolute atomic E-state index is 0.209. The summed E-state index contributed by atoms with van der Waals surface area (Å²) in [6.07, 6.45) is -0.828. The number of β-amino-alcohol motifs (C(OH)–C–C–N with tert-alkyl or cyclic N) is 1. The van der Waals surface area contributed by atoms with E-state index in [4.69, 9.17) is 11.6 Å². The molecule has 76 valence electrons. The summed E-state index contributed by atoms with van der Waals surface area (Å²) < 4.78 is 13.3. The van der Waals surface area contributed by atoms with Gasteiger partial charge in [-0.1, -0.05) is 17.7 Å². The zero-order chi connectivity index (χ0) is 10.1. The number of rotatable bonds is 3. The van der Waals surface area contributed by atoms with Crippen molar-refractivity contribution in [2.75, 3.05) is 19.6 Å². The first-order chi connectivity index (χ1) is 6.68. The molecule has 1 saturated heterocycles. The summed E-state index contributed by atoms with van der Waals surface area (Å²) in [4.78, 5) is 2.02. The Kier molecular flexibility index (Phi) is 2.72. The number of benzene rings is 1. The molecule has 0 aliphatic carbocycles. The van der Waals surface area contributed by atoms with Gasteiger partial charge in [-0.25, -0.2) is 4.39 Å². The topological polar surface area (TPSA) is 23.2 Å². The van der Waals surface area contributed by atoms with Crippen LogP contribution in [0.2, 0.25) is 5.02 Å². The van der Waals surface area contributed by atoms with Crippen molar-refractivity contribution < 1.29 is 9.50 Å². The lowest BCUT2D eigenvalue weighted by molar-refractivity contribution is 0.152. The van der Waals surface area contributed by atoms with Crippen LogP contribution < -0.4 is 0 Å². The van der Waals surface area contributed by atoms with Crippen LogP contribution in [0.25, 0.3) is 0 Å². The fourth-order valence-corrected chi connectivity index (χ4v) is 1.71. The van der Waals surface area contributed by atoms with Gasteiger partial charge in [0.05, 0.1) is 6.10 Å². The molecule has 0 aromatic heterocycles. The first-order valence-electron chi connectivity index (χ1n) is 4.53. The zero-order valence-corrected chi connectivity index (χ0v) is 8.34. The molecule has 1 aliphatic heterocycles. The summed E-state index contributed by atoms with van der Waals surface area (Å²) in [7, 11) is 0. The highest BCUT2D eigenvalue weighted by molar-refractivity contribution is 6.31. The quantitative estimate of drug-likeness (QED) is 0.778. The SMILES string of the molecule is OC(CN1CC1)c1c(F)cccc1Cl. The third-order valence-corrected chi connectivity index (χ3v) is 2.63. The standard InChI is InChI=1S/C10H11ClFNO/c11-7-2-1-3-8(12)10(7)9(14)6-13-4-5-13/h1-3,9,14H,4-6H2. The molecule has 1 aromatic rings. The number of nitrogens with zero attached hydrogens (tertiary/aromatic N) is 1. The number of aliphatic hydroxyl groups excluding tert-OH is 1. The van der Waals surface area contributed by atoms with E-state index in [1.165, 1.54) is 12.1 Å². The molecule has 2 nitrogen and oxygen atoms in total. The molecular weight excluding hydrogens is 205 g/mol. The van der Waals surface area contributed by atoms with Crippen LogP contribution in [0.5, 0.6) is 0 Å². The second kappa shape index (κ2) is 3.85. The van der Waals surface area contributed by atoms with Gasteiger partial charge in [-0.05, 0) is 12.1 Å². The molecule has 0 radical (unpaired) electrons. The summed E-state index contributed by atoms with van der Waals surface area (Å²) in [5, 5.41) is 10.0. The molecule has 1 unspecified atom stereocenters. The van der Waals surface area contributed by atoms with Crippen molar-refractivity contribution in [3.05, 3.63) is 34.6 Å². The van der Waals surface area contributed by atoms with Crippen LogP contribution in [-0.4, -0.2) is 29.6 Å². The van der Waals surface area contributed by atoms with Gasteiger partial charge in [-0.3, -0.25) is 4.90 Å². The van der Waals surface area contributed by atoms with E-state index < -0.39 is 11.9 Å². The molecule has 0 spiro atoms. The maximum absolute atomic E-state index is 13.3. The van der Waals surface area contributed by atoms with E-state index in [2.05, 4.69) is 0 Å². The number of aliphatic hydroxyl groups is 1. The highest BCUT2D eigenvalue weighted by Crippen LogP contribution is 2.27. The van der Waals surface area contributed by atoms with Crippen LogP contribution in [0.4, 0.5) is 4.39 Å². The summed E-state index contributed by atoms with van der Waals surface area (Å²) >= 11 is 5.81. The smallest absolute Gasteiger partial charge is 0.130 e. The molecule has 1 N–H and O–H groups in total. The summed E-state index contributed by atoms with van der Waals surface area (Å²) in [6.45, 7) is 2.41. The predicted molar refractivity (Wildman–Crippen MR) is 52.8 cm³/mol. The van der Waals surface area contributed by atoms with Crippen LogP contribution in [0, 0.1) is 5.82 Å². The lowest BCUT2D eigenvalue weighted by Crippen LogP contribution is -2.13. The number of hydrogen-bond donors (Lipinski definition) is 1. The van der Waals surface area contributed by atoms with Gasteiger partial charge in [0.1, 0.15) is 5.82 Å². The van der Waals surface area contributed by atoms with Crippen LogP contribution in [0.3, 0.4) is 0 Å². The molecule has 1 atom stereocenters. The molecule has 14 heavy (non-hydrogen) atoms. The lowest BCUT2D eigenvalue weighted by Gasteiger charge is -2.13. The Morgan fingerprint density at radius 2 is 2.21 bits per heavy atom. The van der Waals surface area contributed by atoms with Crippen LogP contribution in [-0.2, 0) is 0 Å². The first kappa shape index (κ1) is 9.90. The van der Waals surface area contributed by atoms with Gasteiger partial charge < -0.3 is 5.11 Å². The van der Waals surface area contributed by atoms with Crippen molar-refractivity contribution >= 4 is 11.6 Å². The lowest BCUT2D eigenvalue weighted by atomic mass is 10.1. The van der Waals surface area contributed by atoms with E-state index in [0.717, 1.165) is 13.1 Å². The zero-order valence-electron chi connectivity index (χ0n) is 7.58. The average Bonchev–Trinajstić information content (AvgIpc) is 2.87.